The third-order valence-corrected chi connectivity index (χ3v) is 5.64. The Morgan fingerprint density at radius 3 is 2.32 bits per heavy atom. The molecule has 28 heavy (non-hydrogen) atoms. The van der Waals surface area contributed by atoms with Crippen molar-refractivity contribution in [3.63, 3.8) is 0 Å². The topological polar surface area (TPSA) is 90.0 Å². The molecule has 0 aliphatic carbocycles. The number of amides is 3. The number of carbonyl (C=O) groups is 3. The van der Waals surface area contributed by atoms with Gasteiger partial charge in [0.2, 0.25) is 11.8 Å². The number of rotatable bonds is 3. The molecule has 2 aromatic rings. The number of anilines is 1. The molecule has 2 atom stereocenters. The highest BCUT2D eigenvalue weighted by Gasteiger charge is 2.42. The Morgan fingerprint density at radius 1 is 0.893 bits per heavy atom. The van der Waals surface area contributed by atoms with E-state index in [1.165, 1.54) is 4.90 Å². The van der Waals surface area contributed by atoms with E-state index in [0.717, 1.165) is 17.2 Å². The molecular formula is C21H23N3O4. The molecule has 2 aliphatic heterocycles. The fourth-order valence-corrected chi connectivity index (χ4v) is 4.24. The molecule has 0 aromatic heterocycles. The largest absolute Gasteiger partial charge is 0.465 e. The van der Waals surface area contributed by atoms with E-state index in [2.05, 4.69) is 5.32 Å². The summed E-state index contributed by atoms with van der Waals surface area (Å²) in [7, 11) is 0. The molecule has 4 rings (SSSR count). The summed E-state index contributed by atoms with van der Waals surface area (Å²) in [6.07, 6.45) is 1.43. The van der Waals surface area contributed by atoms with Gasteiger partial charge in [-0.2, -0.15) is 0 Å². The first kappa shape index (κ1) is 18.3. The van der Waals surface area contributed by atoms with Gasteiger partial charge in [0, 0.05) is 18.8 Å². The molecule has 0 spiro atoms. The lowest BCUT2D eigenvalue weighted by Gasteiger charge is -2.29. The molecule has 1 unspecified atom stereocenters. The minimum Gasteiger partial charge on any atom is -0.465 e. The van der Waals surface area contributed by atoms with Crippen molar-refractivity contribution in [3.8, 4) is 0 Å². The Hall–Kier alpha value is -3.09. The van der Waals surface area contributed by atoms with Gasteiger partial charge in [0.05, 0.1) is 0 Å². The molecule has 0 saturated carbocycles. The van der Waals surface area contributed by atoms with Gasteiger partial charge in [-0.15, -0.1) is 0 Å². The van der Waals surface area contributed by atoms with Crippen molar-refractivity contribution in [1.29, 1.82) is 0 Å². The Kier molecular flexibility index (Phi) is 4.90. The molecule has 146 valence electrons. The maximum Gasteiger partial charge on any atom is 0.407 e. The van der Waals surface area contributed by atoms with Gasteiger partial charge in [-0.3, -0.25) is 14.5 Å². The highest BCUT2D eigenvalue weighted by molar-refractivity contribution is 6.00. The van der Waals surface area contributed by atoms with Crippen LogP contribution in [0.5, 0.6) is 0 Å². The average Bonchev–Trinajstić information content (AvgIpc) is 3.37. The monoisotopic (exact) mass is 381 g/mol. The second-order valence-corrected chi connectivity index (χ2v) is 7.37. The maximum atomic E-state index is 12.9. The molecule has 2 heterocycles. The van der Waals surface area contributed by atoms with E-state index >= 15 is 0 Å². The van der Waals surface area contributed by atoms with Crippen LogP contribution in [0.25, 0.3) is 10.8 Å². The second-order valence-electron chi connectivity index (χ2n) is 7.37. The highest BCUT2D eigenvalue weighted by Crippen LogP contribution is 2.26. The zero-order chi connectivity index (χ0) is 19.7. The lowest BCUT2D eigenvalue weighted by molar-refractivity contribution is -0.140. The lowest BCUT2D eigenvalue weighted by atomic mass is 10.1. The fraction of sp³-hybridized carbons (Fsp3) is 0.381. The molecule has 0 radical (unpaired) electrons. The van der Waals surface area contributed by atoms with Gasteiger partial charge in [0.15, 0.2) is 0 Å². The SMILES string of the molecule is O=C(Nc1ccc2ccccc2c1)[C@@H]1CCCN1C(=O)C1CCCN1C(=O)O. The third-order valence-electron chi connectivity index (χ3n) is 5.64. The van der Waals surface area contributed by atoms with Gasteiger partial charge in [-0.1, -0.05) is 30.3 Å². The zero-order valence-corrected chi connectivity index (χ0v) is 15.5. The molecule has 7 heteroatoms. The predicted molar refractivity (Wildman–Crippen MR) is 105 cm³/mol. The maximum absolute atomic E-state index is 12.9. The Labute approximate surface area is 162 Å². The molecule has 2 fully saturated rings. The second kappa shape index (κ2) is 7.50. The van der Waals surface area contributed by atoms with Crippen molar-refractivity contribution in [2.24, 2.45) is 0 Å². The molecule has 2 N–H and O–H groups in total. The number of carboxylic acid groups (broad SMARTS) is 1. The molecule has 7 nitrogen and oxygen atoms in total. The van der Waals surface area contributed by atoms with Crippen molar-refractivity contribution < 1.29 is 19.5 Å². The van der Waals surface area contributed by atoms with Crippen molar-refractivity contribution in [3.05, 3.63) is 42.5 Å². The summed E-state index contributed by atoms with van der Waals surface area (Å²) in [5, 5.41) is 14.4. The molecule has 0 bridgehead atoms. The molecule has 2 aliphatic rings. The number of likely N-dealkylation sites (tertiary alicyclic amines) is 2. The first-order chi connectivity index (χ1) is 13.5. The van der Waals surface area contributed by atoms with Crippen LogP contribution in [0.3, 0.4) is 0 Å². The van der Waals surface area contributed by atoms with Crippen LogP contribution in [0.15, 0.2) is 42.5 Å². The summed E-state index contributed by atoms with van der Waals surface area (Å²) in [4.78, 5) is 39.9. The van der Waals surface area contributed by atoms with E-state index in [9.17, 15) is 19.5 Å². The minimum absolute atomic E-state index is 0.221. The van der Waals surface area contributed by atoms with E-state index in [1.807, 2.05) is 42.5 Å². The average molecular weight is 381 g/mol. The normalized spacial score (nSPS) is 21.9. The van der Waals surface area contributed by atoms with Crippen LogP contribution in [0, 0.1) is 0 Å². The van der Waals surface area contributed by atoms with Crippen LogP contribution in [-0.2, 0) is 9.59 Å². The Morgan fingerprint density at radius 2 is 1.57 bits per heavy atom. The van der Waals surface area contributed by atoms with E-state index in [-0.39, 0.29) is 11.8 Å². The smallest absolute Gasteiger partial charge is 0.407 e. The number of benzene rings is 2. The van der Waals surface area contributed by atoms with Gasteiger partial charge in [0.25, 0.3) is 0 Å². The molecule has 3 amide bonds. The highest BCUT2D eigenvalue weighted by atomic mass is 16.4. The van der Waals surface area contributed by atoms with Crippen molar-refractivity contribution >= 4 is 34.4 Å². The van der Waals surface area contributed by atoms with Gasteiger partial charge in [0.1, 0.15) is 12.1 Å². The Bertz CT molecular complexity index is 929. The minimum atomic E-state index is -1.08. The van der Waals surface area contributed by atoms with Crippen molar-refractivity contribution in [1.82, 2.24) is 9.80 Å². The quantitative estimate of drug-likeness (QED) is 0.855. The standard InChI is InChI=1S/C21H23N3O4/c25-19(22-16-10-9-14-5-1-2-6-15(14)13-16)17-7-3-11-23(17)20(26)18-8-4-12-24(18)21(27)28/h1-2,5-6,9-10,13,17-18H,3-4,7-8,11-12H2,(H,22,25)(H,27,28)/t17-,18?/m0/s1. The fourth-order valence-electron chi connectivity index (χ4n) is 4.24. The van der Waals surface area contributed by atoms with Crippen molar-refractivity contribution in [2.75, 3.05) is 18.4 Å². The number of nitrogens with one attached hydrogen (secondary N) is 1. The van der Waals surface area contributed by atoms with Gasteiger partial charge < -0.3 is 15.3 Å². The van der Waals surface area contributed by atoms with Crippen LogP contribution in [0.2, 0.25) is 0 Å². The number of fused-ring (bicyclic) bond motifs is 1. The van der Waals surface area contributed by atoms with E-state index in [1.54, 1.807) is 4.90 Å². The van der Waals surface area contributed by atoms with E-state index < -0.39 is 18.2 Å². The summed E-state index contributed by atoms with van der Waals surface area (Å²) in [5.74, 6) is -0.475. The number of hydrogen-bond donors (Lipinski definition) is 2. The summed E-state index contributed by atoms with van der Waals surface area (Å²) in [6, 6.07) is 12.4. The first-order valence-electron chi connectivity index (χ1n) is 9.64. The van der Waals surface area contributed by atoms with Gasteiger partial charge in [-0.05, 0) is 48.6 Å². The van der Waals surface area contributed by atoms with Gasteiger partial charge >= 0.3 is 6.09 Å². The molecule has 2 saturated heterocycles. The van der Waals surface area contributed by atoms with Crippen LogP contribution in [0.4, 0.5) is 10.5 Å². The van der Waals surface area contributed by atoms with Gasteiger partial charge in [-0.25, -0.2) is 4.79 Å². The van der Waals surface area contributed by atoms with E-state index in [4.69, 9.17) is 0 Å². The van der Waals surface area contributed by atoms with Crippen LogP contribution in [0.1, 0.15) is 25.7 Å². The summed E-state index contributed by atoms with van der Waals surface area (Å²) in [6.45, 7) is 0.853. The van der Waals surface area contributed by atoms with Crippen molar-refractivity contribution in [2.45, 2.75) is 37.8 Å². The predicted octanol–water partition coefficient (Wildman–Crippen LogP) is 2.91. The first-order valence-corrected chi connectivity index (χ1v) is 9.64. The summed E-state index contributed by atoms with van der Waals surface area (Å²) < 4.78 is 0. The van der Waals surface area contributed by atoms with Crippen LogP contribution >= 0.6 is 0 Å². The Balaban J connectivity index is 1.48. The summed E-state index contributed by atoms with van der Waals surface area (Å²) >= 11 is 0. The molecular weight excluding hydrogens is 358 g/mol. The number of hydrogen-bond acceptors (Lipinski definition) is 3. The summed E-state index contributed by atoms with van der Waals surface area (Å²) in [5.41, 5.74) is 0.691. The molecule has 2 aromatic carbocycles. The van der Waals surface area contributed by atoms with E-state index in [0.29, 0.717) is 38.0 Å². The number of nitrogens with zero attached hydrogens (tertiary/aromatic N) is 2. The third kappa shape index (κ3) is 3.40. The number of carbonyl (C=O) groups excluding carboxylic acids is 2. The van der Waals surface area contributed by atoms with Crippen LogP contribution in [-0.4, -0.2) is 58.0 Å². The lowest BCUT2D eigenvalue weighted by Crippen LogP contribution is -2.51. The zero-order valence-electron chi connectivity index (χ0n) is 15.5. The van der Waals surface area contributed by atoms with Crippen LogP contribution < -0.4 is 5.32 Å².